The van der Waals surface area contributed by atoms with Gasteiger partial charge in [-0.3, -0.25) is 20.2 Å². The molecule has 32 heavy (non-hydrogen) atoms. The normalized spacial score (nSPS) is 10.5. The second-order valence-electron chi connectivity index (χ2n) is 7.09. The second-order valence-corrected chi connectivity index (χ2v) is 8.12. The van der Waals surface area contributed by atoms with Gasteiger partial charge in [-0.25, -0.2) is 4.98 Å². The van der Waals surface area contributed by atoms with Crippen LogP contribution < -0.4 is 10.1 Å². The lowest BCUT2D eigenvalue weighted by atomic mass is 10.1. The van der Waals surface area contributed by atoms with Crippen LogP contribution in [0.3, 0.4) is 0 Å². The van der Waals surface area contributed by atoms with Crippen LogP contribution in [-0.4, -0.2) is 15.8 Å². The third-order valence-corrected chi connectivity index (χ3v) is 5.67. The average Bonchev–Trinajstić information content (AvgIpc) is 3.27. The van der Waals surface area contributed by atoms with E-state index >= 15 is 0 Å². The molecule has 8 heteroatoms. The van der Waals surface area contributed by atoms with E-state index in [2.05, 4.69) is 10.3 Å². The molecule has 1 N–H and O–H groups in total. The molecule has 0 unspecified atom stereocenters. The first-order valence-corrected chi connectivity index (χ1v) is 10.6. The van der Waals surface area contributed by atoms with Crippen LogP contribution in [0.25, 0.3) is 10.4 Å². The fourth-order valence-electron chi connectivity index (χ4n) is 2.96. The summed E-state index contributed by atoms with van der Waals surface area (Å²) in [6.45, 7) is 2.43. The number of non-ortho nitro benzene ring substituents is 1. The number of aromatic nitrogens is 1. The Bertz CT molecular complexity index is 1250. The molecule has 7 nitrogen and oxygen atoms in total. The highest BCUT2D eigenvalue weighted by Gasteiger charge is 2.12. The van der Waals surface area contributed by atoms with E-state index in [1.54, 1.807) is 30.5 Å². The van der Waals surface area contributed by atoms with E-state index in [-0.39, 0.29) is 11.6 Å². The summed E-state index contributed by atoms with van der Waals surface area (Å²) >= 11 is 1.25. The van der Waals surface area contributed by atoms with Crippen molar-refractivity contribution in [2.24, 2.45) is 0 Å². The molecule has 0 saturated heterocycles. The Morgan fingerprint density at radius 2 is 1.84 bits per heavy atom. The van der Waals surface area contributed by atoms with Gasteiger partial charge in [-0.1, -0.05) is 53.3 Å². The molecule has 0 fully saturated rings. The van der Waals surface area contributed by atoms with Crippen molar-refractivity contribution >= 4 is 28.1 Å². The number of amides is 1. The average molecular weight is 446 g/mol. The van der Waals surface area contributed by atoms with Crippen molar-refractivity contribution in [1.82, 2.24) is 4.98 Å². The Morgan fingerprint density at radius 3 is 2.56 bits per heavy atom. The van der Waals surface area contributed by atoms with Crippen LogP contribution >= 0.6 is 11.3 Å². The summed E-state index contributed by atoms with van der Waals surface area (Å²) in [7, 11) is 0. The number of anilines is 1. The molecule has 1 aromatic heterocycles. The Balaban J connectivity index is 1.37. The number of rotatable bonds is 7. The predicted molar refractivity (Wildman–Crippen MR) is 124 cm³/mol. The monoisotopic (exact) mass is 445 g/mol. The van der Waals surface area contributed by atoms with Gasteiger partial charge in [0.1, 0.15) is 12.4 Å². The Morgan fingerprint density at radius 1 is 1.09 bits per heavy atom. The maximum Gasteiger partial charge on any atom is 0.270 e. The highest BCUT2D eigenvalue weighted by Crippen LogP contribution is 2.31. The zero-order valence-electron chi connectivity index (χ0n) is 17.1. The molecular formula is C24H19N3O4S. The zero-order valence-corrected chi connectivity index (χ0v) is 18.0. The minimum Gasteiger partial charge on any atom is -0.489 e. The van der Waals surface area contributed by atoms with Gasteiger partial charge in [0.05, 0.1) is 9.80 Å². The molecule has 0 saturated carbocycles. The van der Waals surface area contributed by atoms with Crippen molar-refractivity contribution in [2.75, 3.05) is 5.32 Å². The largest absolute Gasteiger partial charge is 0.489 e. The van der Waals surface area contributed by atoms with Gasteiger partial charge in [-0.15, -0.1) is 0 Å². The molecule has 4 rings (SSSR count). The van der Waals surface area contributed by atoms with Gasteiger partial charge in [0.2, 0.25) is 0 Å². The number of carbonyl (C=O) groups is 1. The molecule has 0 atom stereocenters. The highest BCUT2D eigenvalue weighted by atomic mass is 32.1. The standard InChI is InChI=1S/C24H19N3O4S/c1-16-5-11-21(12-6-16)31-15-17-7-9-18(10-8-17)23(28)26-24-25-14-22(32-24)19-3-2-4-20(13-19)27(29)30/h2-14H,15H2,1H3,(H,25,26,28). The van der Waals surface area contributed by atoms with E-state index in [0.717, 1.165) is 16.2 Å². The van der Waals surface area contributed by atoms with Crippen LogP contribution in [-0.2, 0) is 6.61 Å². The van der Waals surface area contributed by atoms with Gasteiger partial charge in [0.25, 0.3) is 11.6 Å². The number of nitrogens with one attached hydrogen (secondary N) is 1. The summed E-state index contributed by atoms with van der Waals surface area (Å²) in [5.74, 6) is 0.511. The van der Waals surface area contributed by atoms with Crippen LogP contribution in [0.5, 0.6) is 5.75 Å². The fraction of sp³-hybridized carbons (Fsp3) is 0.0833. The van der Waals surface area contributed by atoms with Crippen molar-refractivity contribution in [3.05, 3.63) is 106 Å². The topological polar surface area (TPSA) is 94.4 Å². The van der Waals surface area contributed by atoms with Crippen LogP contribution in [0.1, 0.15) is 21.5 Å². The number of nitro groups is 1. The van der Waals surface area contributed by atoms with E-state index < -0.39 is 4.92 Å². The van der Waals surface area contributed by atoms with Crippen molar-refractivity contribution < 1.29 is 14.5 Å². The first-order valence-electron chi connectivity index (χ1n) is 9.78. The molecule has 0 aliphatic carbocycles. The molecule has 4 aromatic rings. The van der Waals surface area contributed by atoms with Crippen LogP contribution in [0.4, 0.5) is 10.8 Å². The summed E-state index contributed by atoms with van der Waals surface area (Å²) in [5.41, 5.74) is 3.30. The van der Waals surface area contributed by atoms with Crippen LogP contribution in [0.2, 0.25) is 0 Å². The molecule has 0 spiro atoms. The summed E-state index contributed by atoms with van der Waals surface area (Å²) in [6.07, 6.45) is 1.59. The number of hydrogen-bond acceptors (Lipinski definition) is 6. The first kappa shape index (κ1) is 21.2. The van der Waals surface area contributed by atoms with E-state index in [9.17, 15) is 14.9 Å². The van der Waals surface area contributed by atoms with Gasteiger partial charge in [0.15, 0.2) is 5.13 Å². The van der Waals surface area contributed by atoms with E-state index in [0.29, 0.717) is 22.9 Å². The number of nitrogens with zero attached hydrogens (tertiary/aromatic N) is 2. The number of benzene rings is 3. The lowest BCUT2D eigenvalue weighted by Crippen LogP contribution is -2.11. The molecule has 0 radical (unpaired) electrons. The molecule has 0 bridgehead atoms. The summed E-state index contributed by atoms with van der Waals surface area (Å²) in [5, 5.41) is 14.2. The quantitative estimate of drug-likeness (QED) is 0.284. The third-order valence-electron chi connectivity index (χ3n) is 4.71. The molecule has 1 heterocycles. The van der Waals surface area contributed by atoms with Gasteiger partial charge in [-0.05, 0) is 36.8 Å². The number of thiazole rings is 1. The third kappa shape index (κ3) is 5.16. The Kier molecular flexibility index (Phi) is 6.23. The molecular weight excluding hydrogens is 426 g/mol. The van der Waals surface area contributed by atoms with Crippen LogP contribution in [0.15, 0.2) is 79.0 Å². The van der Waals surface area contributed by atoms with Crippen molar-refractivity contribution in [3.8, 4) is 16.2 Å². The SMILES string of the molecule is Cc1ccc(OCc2ccc(C(=O)Nc3ncc(-c4cccc([N+](=O)[O-])c4)s3)cc2)cc1. The second kappa shape index (κ2) is 9.40. The number of carbonyl (C=O) groups excluding carboxylic acids is 1. The highest BCUT2D eigenvalue weighted by molar-refractivity contribution is 7.19. The van der Waals surface area contributed by atoms with E-state index in [4.69, 9.17) is 4.74 Å². The zero-order chi connectivity index (χ0) is 22.5. The Hall–Kier alpha value is -4.04. The molecule has 160 valence electrons. The molecule has 1 amide bonds. The van der Waals surface area contributed by atoms with E-state index in [1.807, 2.05) is 43.3 Å². The minimum atomic E-state index is -0.442. The predicted octanol–water partition coefficient (Wildman–Crippen LogP) is 5.86. The van der Waals surface area contributed by atoms with Crippen LogP contribution in [0, 0.1) is 17.0 Å². The van der Waals surface area contributed by atoms with Gasteiger partial charge in [0, 0.05) is 29.5 Å². The molecule has 3 aromatic carbocycles. The summed E-state index contributed by atoms with van der Waals surface area (Å²) in [6, 6.07) is 21.3. The number of hydrogen-bond donors (Lipinski definition) is 1. The van der Waals surface area contributed by atoms with Gasteiger partial charge >= 0.3 is 0 Å². The Labute approximate surface area is 188 Å². The first-order chi connectivity index (χ1) is 15.5. The van der Waals surface area contributed by atoms with Gasteiger partial charge in [-0.2, -0.15) is 0 Å². The number of aryl methyl sites for hydroxylation is 1. The lowest BCUT2D eigenvalue weighted by molar-refractivity contribution is -0.384. The number of ether oxygens (including phenoxy) is 1. The fourth-order valence-corrected chi connectivity index (χ4v) is 3.77. The van der Waals surface area contributed by atoms with Crippen molar-refractivity contribution in [3.63, 3.8) is 0 Å². The smallest absolute Gasteiger partial charge is 0.270 e. The molecule has 0 aliphatic rings. The van der Waals surface area contributed by atoms with Crippen molar-refractivity contribution in [2.45, 2.75) is 13.5 Å². The lowest BCUT2D eigenvalue weighted by Gasteiger charge is -2.07. The maximum atomic E-state index is 12.6. The van der Waals surface area contributed by atoms with Crippen molar-refractivity contribution in [1.29, 1.82) is 0 Å². The van der Waals surface area contributed by atoms with E-state index in [1.165, 1.54) is 29.0 Å². The number of nitro benzene ring substituents is 1. The minimum absolute atomic E-state index is 0.00735. The maximum absolute atomic E-state index is 12.6. The van der Waals surface area contributed by atoms with Gasteiger partial charge < -0.3 is 4.74 Å². The summed E-state index contributed by atoms with van der Waals surface area (Å²) in [4.78, 5) is 28.0. The summed E-state index contributed by atoms with van der Waals surface area (Å²) < 4.78 is 5.76. The molecule has 0 aliphatic heterocycles.